The Balaban J connectivity index is 2.04. The molecule has 1 aromatic carbocycles. The van der Waals surface area contributed by atoms with Crippen LogP contribution in [0.4, 0.5) is 4.79 Å². The molecule has 1 heterocycles. The van der Waals surface area contributed by atoms with Crippen LogP contribution in [0.15, 0.2) is 35.4 Å². The number of aliphatic hydroxyl groups excluding tert-OH is 3. The molecule has 0 radical (unpaired) electrons. The molecule has 11 heteroatoms. The lowest BCUT2D eigenvalue weighted by atomic mass is 9.99. The van der Waals surface area contributed by atoms with Gasteiger partial charge >= 0.3 is 12.0 Å². The predicted molar refractivity (Wildman–Crippen MR) is 95.8 cm³/mol. The van der Waals surface area contributed by atoms with Crippen molar-refractivity contribution in [3.8, 4) is 0 Å². The highest BCUT2D eigenvalue weighted by molar-refractivity contribution is 5.80. The molecule has 152 valence electrons. The van der Waals surface area contributed by atoms with E-state index >= 15 is 0 Å². The Labute approximate surface area is 159 Å². The molecule has 5 unspecified atom stereocenters. The fourth-order valence-electron chi connectivity index (χ4n) is 2.48. The van der Waals surface area contributed by atoms with E-state index in [0.29, 0.717) is 11.1 Å². The van der Waals surface area contributed by atoms with Crippen LogP contribution in [-0.4, -0.2) is 69.3 Å². The molecule has 1 saturated heterocycles. The predicted octanol–water partition coefficient (Wildman–Crippen LogP) is -1.24. The van der Waals surface area contributed by atoms with Gasteiger partial charge in [-0.3, -0.25) is 0 Å². The number of amides is 2. The first-order valence-corrected chi connectivity index (χ1v) is 8.18. The van der Waals surface area contributed by atoms with Gasteiger partial charge < -0.3 is 35.6 Å². The number of carboxylic acid groups (broad SMARTS) is 1. The maximum Gasteiger partial charge on any atom is 0.335 e. The number of hydrogen-bond acceptors (Lipinski definition) is 8. The van der Waals surface area contributed by atoms with Crippen LogP contribution in [0.5, 0.6) is 0 Å². The Hall–Kier alpha value is -2.83. The standard InChI is InChI=1S/C17H21N3O8/c18-17(26)20-19-7-3-6-9-4-1-2-5-10(9)8-27-16-13(23)11(21)12(22)14(28-16)15(24)25/h1-7,11-14,16,21-23H,8H2,(H,24,25)(H3,18,20,26)/b6-3-,19-7+. The smallest absolute Gasteiger partial charge is 0.335 e. The van der Waals surface area contributed by atoms with Crippen molar-refractivity contribution in [1.82, 2.24) is 5.43 Å². The van der Waals surface area contributed by atoms with Crippen molar-refractivity contribution in [1.29, 1.82) is 0 Å². The molecular weight excluding hydrogens is 374 g/mol. The van der Waals surface area contributed by atoms with Gasteiger partial charge in [-0.25, -0.2) is 15.0 Å². The lowest BCUT2D eigenvalue weighted by molar-refractivity contribution is -0.297. The highest BCUT2D eigenvalue weighted by Crippen LogP contribution is 2.24. The van der Waals surface area contributed by atoms with Gasteiger partial charge in [0.05, 0.1) is 6.61 Å². The Bertz CT molecular complexity index is 754. The Kier molecular flexibility index (Phi) is 7.61. The lowest BCUT2D eigenvalue weighted by Gasteiger charge is -2.38. The van der Waals surface area contributed by atoms with Crippen LogP contribution in [-0.2, 0) is 20.9 Å². The van der Waals surface area contributed by atoms with Crippen LogP contribution < -0.4 is 11.2 Å². The zero-order valence-electron chi connectivity index (χ0n) is 14.6. The number of benzene rings is 1. The van der Waals surface area contributed by atoms with Crippen LogP contribution in [0.2, 0.25) is 0 Å². The summed E-state index contributed by atoms with van der Waals surface area (Å²) in [7, 11) is 0. The van der Waals surface area contributed by atoms with Gasteiger partial charge in [0.15, 0.2) is 12.4 Å². The van der Waals surface area contributed by atoms with Crippen molar-refractivity contribution >= 4 is 24.3 Å². The minimum Gasteiger partial charge on any atom is -0.479 e. The Morgan fingerprint density at radius 1 is 1.21 bits per heavy atom. The second-order valence-corrected chi connectivity index (χ2v) is 5.86. The zero-order chi connectivity index (χ0) is 20.7. The van der Waals surface area contributed by atoms with Gasteiger partial charge in [-0.05, 0) is 17.2 Å². The van der Waals surface area contributed by atoms with Crippen molar-refractivity contribution in [2.24, 2.45) is 10.8 Å². The number of primary amides is 1. The molecule has 0 aliphatic carbocycles. The van der Waals surface area contributed by atoms with Crippen molar-refractivity contribution in [3.63, 3.8) is 0 Å². The van der Waals surface area contributed by atoms with E-state index in [9.17, 15) is 24.9 Å². The van der Waals surface area contributed by atoms with Gasteiger partial charge in [-0.2, -0.15) is 5.10 Å². The number of urea groups is 1. The van der Waals surface area contributed by atoms with E-state index in [2.05, 4.69) is 5.10 Å². The first-order valence-electron chi connectivity index (χ1n) is 8.18. The van der Waals surface area contributed by atoms with Gasteiger partial charge in [0.1, 0.15) is 18.3 Å². The third-order valence-corrected chi connectivity index (χ3v) is 3.88. The van der Waals surface area contributed by atoms with Crippen LogP contribution >= 0.6 is 0 Å². The number of aliphatic hydroxyl groups is 3. The van der Waals surface area contributed by atoms with Gasteiger partial charge in [0.2, 0.25) is 0 Å². The third kappa shape index (κ3) is 5.58. The molecule has 0 spiro atoms. The van der Waals surface area contributed by atoms with Gasteiger partial charge in [-0.1, -0.05) is 30.3 Å². The summed E-state index contributed by atoms with van der Waals surface area (Å²) in [5.74, 6) is -1.49. The molecule has 11 nitrogen and oxygen atoms in total. The van der Waals surface area contributed by atoms with Gasteiger partial charge in [-0.15, -0.1) is 0 Å². The van der Waals surface area contributed by atoms with E-state index in [0.717, 1.165) is 0 Å². The highest BCUT2D eigenvalue weighted by Gasteiger charge is 2.47. The number of hydrogen-bond donors (Lipinski definition) is 6. The van der Waals surface area contributed by atoms with Crippen molar-refractivity contribution in [2.45, 2.75) is 37.3 Å². The minimum absolute atomic E-state index is 0.0753. The number of ether oxygens (including phenoxy) is 2. The SMILES string of the molecule is NC(=O)N/N=C/C=C\c1ccccc1COC1OC(C(=O)O)C(O)C(O)C1O. The van der Waals surface area contributed by atoms with Crippen LogP contribution in [0.3, 0.4) is 0 Å². The molecule has 7 N–H and O–H groups in total. The summed E-state index contributed by atoms with van der Waals surface area (Å²) in [6, 6.07) is 6.22. The van der Waals surface area contributed by atoms with Crippen LogP contribution in [0.25, 0.3) is 6.08 Å². The first-order chi connectivity index (χ1) is 13.3. The summed E-state index contributed by atoms with van der Waals surface area (Å²) in [5, 5.41) is 42.1. The average molecular weight is 395 g/mol. The van der Waals surface area contributed by atoms with Crippen molar-refractivity contribution in [2.75, 3.05) is 0 Å². The Morgan fingerprint density at radius 2 is 1.93 bits per heavy atom. The highest BCUT2D eigenvalue weighted by atomic mass is 16.7. The second kappa shape index (κ2) is 9.92. The van der Waals surface area contributed by atoms with E-state index in [-0.39, 0.29) is 6.61 Å². The zero-order valence-corrected chi connectivity index (χ0v) is 14.6. The molecule has 5 atom stereocenters. The van der Waals surface area contributed by atoms with Gasteiger partial charge in [0.25, 0.3) is 0 Å². The van der Waals surface area contributed by atoms with Gasteiger partial charge in [0, 0.05) is 6.21 Å². The maximum absolute atomic E-state index is 11.1. The third-order valence-electron chi connectivity index (χ3n) is 3.88. The summed E-state index contributed by atoms with van der Waals surface area (Å²) >= 11 is 0. The molecule has 1 fully saturated rings. The maximum atomic E-state index is 11.1. The lowest BCUT2D eigenvalue weighted by Crippen LogP contribution is -2.60. The van der Waals surface area contributed by atoms with Crippen LogP contribution in [0.1, 0.15) is 11.1 Å². The van der Waals surface area contributed by atoms with E-state index in [4.69, 9.17) is 20.3 Å². The molecule has 0 aromatic heterocycles. The van der Waals surface area contributed by atoms with E-state index in [1.165, 1.54) is 6.21 Å². The summed E-state index contributed by atoms with van der Waals surface area (Å²) < 4.78 is 10.5. The fraction of sp³-hybridized carbons (Fsp3) is 0.353. The number of nitrogens with two attached hydrogens (primary N) is 1. The molecule has 28 heavy (non-hydrogen) atoms. The number of carbonyl (C=O) groups excluding carboxylic acids is 1. The summed E-state index contributed by atoms with van der Waals surface area (Å²) in [6.07, 6.45) is -3.79. The van der Waals surface area contributed by atoms with Crippen LogP contribution in [0, 0.1) is 0 Å². The molecule has 2 amide bonds. The average Bonchev–Trinajstić information content (AvgIpc) is 2.65. The monoisotopic (exact) mass is 395 g/mol. The molecule has 1 aromatic rings. The molecule has 0 saturated carbocycles. The van der Waals surface area contributed by atoms with Crippen molar-refractivity contribution < 1.29 is 39.5 Å². The first kappa shape index (κ1) is 21.5. The second-order valence-electron chi connectivity index (χ2n) is 5.86. The summed E-state index contributed by atoms with van der Waals surface area (Å²) in [6.45, 7) is -0.0753. The molecule has 0 bridgehead atoms. The topological polar surface area (TPSA) is 184 Å². The van der Waals surface area contributed by atoms with E-state index in [1.807, 2.05) is 5.43 Å². The quantitative estimate of drug-likeness (QED) is 0.245. The number of nitrogens with zero attached hydrogens (tertiary/aromatic N) is 1. The number of carboxylic acids is 1. The summed E-state index contributed by atoms with van der Waals surface area (Å²) in [5.41, 5.74) is 8.29. The number of aliphatic carboxylic acids is 1. The molecule has 2 rings (SSSR count). The normalized spacial score (nSPS) is 27.9. The van der Waals surface area contributed by atoms with E-state index in [1.54, 1.807) is 36.4 Å². The number of hydrazone groups is 1. The largest absolute Gasteiger partial charge is 0.479 e. The number of allylic oxidation sites excluding steroid dienone is 1. The van der Waals surface area contributed by atoms with E-state index < -0.39 is 42.7 Å². The molecular formula is C17H21N3O8. The number of nitrogens with one attached hydrogen (secondary N) is 1. The molecule has 1 aliphatic heterocycles. The Morgan fingerprint density at radius 3 is 2.61 bits per heavy atom. The number of rotatable bonds is 7. The van der Waals surface area contributed by atoms with Crippen molar-refractivity contribution in [3.05, 3.63) is 41.5 Å². The minimum atomic E-state index is -1.78. The number of carbonyl (C=O) groups is 2. The molecule has 1 aliphatic rings. The summed E-state index contributed by atoms with van der Waals surface area (Å²) in [4.78, 5) is 21.6. The fourth-order valence-corrected chi connectivity index (χ4v) is 2.48.